The van der Waals surface area contributed by atoms with Gasteiger partial charge in [-0.2, -0.15) is 0 Å². The minimum atomic E-state index is -0.242. The van der Waals surface area contributed by atoms with E-state index >= 15 is 0 Å². The van der Waals surface area contributed by atoms with Crippen molar-refractivity contribution in [2.45, 2.75) is 38.8 Å². The molecule has 1 aliphatic heterocycles. The third-order valence-electron chi connectivity index (χ3n) is 3.15. The second kappa shape index (κ2) is 6.16. The van der Waals surface area contributed by atoms with Crippen LogP contribution in [0.3, 0.4) is 0 Å². The summed E-state index contributed by atoms with van der Waals surface area (Å²) in [4.78, 5) is 19.1. The van der Waals surface area contributed by atoms with Crippen molar-refractivity contribution >= 4 is 11.7 Å². The van der Waals surface area contributed by atoms with E-state index in [1.54, 1.807) is 11.9 Å². The van der Waals surface area contributed by atoms with Crippen molar-refractivity contribution in [2.75, 3.05) is 13.6 Å². The van der Waals surface area contributed by atoms with E-state index in [-0.39, 0.29) is 17.7 Å². The molecule has 1 atom stereocenters. The summed E-state index contributed by atoms with van der Waals surface area (Å²) in [6.07, 6.45) is 0.632. The first kappa shape index (κ1) is 15.4. The van der Waals surface area contributed by atoms with E-state index < -0.39 is 0 Å². The van der Waals surface area contributed by atoms with Gasteiger partial charge in [0, 0.05) is 19.0 Å². The highest BCUT2D eigenvalue weighted by Gasteiger charge is 2.26. The van der Waals surface area contributed by atoms with Gasteiger partial charge in [0.15, 0.2) is 6.10 Å². The van der Waals surface area contributed by atoms with E-state index in [9.17, 15) is 4.79 Å². The number of urea groups is 1. The third-order valence-corrected chi connectivity index (χ3v) is 3.15. The topological polar surface area (TPSA) is 53.9 Å². The summed E-state index contributed by atoms with van der Waals surface area (Å²) in [7, 11) is 1.77. The van der Waals surface area contributed by atoms with E-state index in [2.05, 4.69) is 10.5 Å². The summed E-state index contributed by atoms with van der Waals surface area (Å²) in [5, 5.41) is 7.06. The number of rotatable bonds is 3. The lowest BCUT2D eigenvalue weighted by molar-refractivity contribution is 0.0649. The van der Waals surface area contributed by atoms with Gasteiger partial charge in [0.1, 0.15) is 0 Å². The molecule has 0 radical (unpaired) electrons. The monoisotopic (exact) mass is 289 g/mol. The van der Waals surface area contributed by atoms with Crippen LogP contribution in [0.5, 0.6) is 0 Å². The largest absolute Gasteiger partial charge is 0.390 e. The van der Waals surface area contributed by atoms with Gasteiger partial charge in [0.05, 0.1) is 12.3 Å². The number of amides is 2. The van der Waals surface area contributed by atoms with Gasteiger partial charge >= 0.3 is 6.03 Å². The molecule has 2 rings (SSSR count). The number of nitrogens with one attached hydrogen (secondary N) is 1. The number of oxime groups is 1. The van der Waals surface area contributed by atoms with Crippen LogP contribution >= 0.6 is 0 Å². The lowest BCUT2D eigenvalue weighted by Gasteiger charge is -2.26. The summed E-state index contributed by atoms with van der Waals surface area (Å²) >= 11 is 0. The molecule has 2 amide bonds. The highest BCUT2D eigenvalue weighted by atomic mass is 16.6. The summed E-state index contributed by atoms with van der Waals surface area (Å²) in [6, 6.07) is 9.87. The Morgan fingerprint density at radius 1 is 1.38 bits per heavy atom. The summed E-state index contributed by atoms with van der Waals surface area (Å²) in [6.45, 7) is 6.39. The first-order valence-corrected chi connectivity index (χ1v) is 7.16. The average molecular weight is 289 g/mol. The van der Waals surface area contributed by atoms with Crippen LogP contribution in [0.4, 0.5) is 4.79 Å². The molecule has 1 N–H and O–H groups in total. The SMILES string of the molecule is CN(CC1CC(c2ccccc2)=NO1)C(=O)NC(C)(C)C. The Morgan fingerprint density at radius 2 is 2.05 bits per heavy atom. The molecule has 1 aliphatic rings. The molecular formula is C16H23N3O2. The average Bonchev–Trinajstić information content (AvgIpc) is 2.86. The maximum atomic E-state index is 12.0. The summed E-state index contributed by atoms with van der Waals surface area (Å²) < 4.78 is 0. The number of likely N-dealkylation sites (N-methyl/N-ethyl adjacent to an activating group) is 1. The van der Waals surface area contributed by atoms with E-state index in [1.807, 2.05) is 51.1 Å². The predicted molar refractivity (Wildman–Crippen MR) is 83.4 cm³/mol. The van der Waals surface area contributed by atoms with Crippen LogP contribution in [0, 0.1) is 0 Å². The lowest BCUT2D eigenvalue weighted by atomic mass is 10.1. The molecular weight excluding hydrogens is 266 g/mol. The minimum absolute atomic E-state index is 0.0871. The summed E-state index contributed by atoms with van der Waals surface area (Å²) in [5.41, 5.74) is 1.76. The molecule has 0 saturated carbocycles. The van der Waals surface area contributed by atoms with Gasteiger partial charge in [-0.1, -0.05) is 35.5 Å². The second-order valence-electron chi connectivity index (χ2n) is 6.40. The van der Waals surface area contributed by atoms with Crippen LogP contribution in [0.2, 0.25) is 0 Å². The number of nitrogens with zero attached hydrogens (tertiary/aromatic N) is 2. The molecule has 0 bridgehead atoms. The Hall–Kier alpha value is -2.04. The molecule has 5 nitrogen and oxygen atoms in total. The number of carbonyl (C=O) groups is 1. The molecule has 0 saturated heterocycles. The van der Waals surface area contributed by atoms with E-state index in [4.69, 9.17) is 4.84 Å². The zero-order valence-electron chi connectivity index (χ0n) is 13.1. The van der Waals surface area contributed by atoms with Crippen LogP contribution in [-0.2, 0) is 4.84 Å². The minimum Gasteiger partial charge on any atom is -0.390 e. The predicted octanol–water partition coefficient (Wildman–Crippen LogP) is 2.62. The first-order chi connectivity index (χ1) is 9.85. The number of carbonyl (C=O) groups excluding carboxylic acids is 1. The summed E-state index contributed by atoms with van der Waals surface area (Å²) in [5.74, 6) is 0. The third kappa shape index (κ3) is 4.48. The number of hydrogen-bond donors (Lipinski definition) is 1. The van der Waals surface area contributed by atoms with Crippen LogP contribution in [-0.4, -0.2) is 41.9 Å². The Labute approximate surface area is 126 Å². The molecule has 1 aromatic carbocycles. The van der Waals surface area contributed by atoms with Crippen molar-refractivity contribution in [3.8, 4) is 0 Å². The normalized spacial score (nSPS) is 17.9. The molecule has 5 heteroatoms. The van der Waals surface area contributed by atoms with Crippen LogP contribution in [0.1, 0.15) is 32.8 Å². The van der Waals surface area contributed by atoms with Crippen molar-refractivity contribution < 1.29 is 9.63 Å². The molecule has 1 heterocycles. The van der Waals surface area contributed by atoms with Crippen molar-refractivity contribution in [1.29, 1.82) is 0 Å². The zero-order chi connectivity index (χ0) is 15.5. The highest BCUT2D eigenvalue weighted by molar-refractivity contribution is 6.01. The van der Waals surface area contributed by atoms with Gasteiger partial charge < -0.3 is 15.1 Å². The van der Waals surface area contributed by atoms with Gasteiger partial charge in [-0.25, -0.2) is 4.79 Å². The number of hydrogen-bond acceptors (Lipinski definition) is 3. The molecule has 0 fully saturated rings. The van der Waals surface area contributed by atoms with E-state index in [0.717, 1.165) is 17.7 Å². The molecule has 1 aromatic rings. The van der Waals surface area contributed by atoms with Gasteiger partial charge in [-0.15, -0.1) is 0 Å². The Morgan fingerprint density at radius 3 is 2.67 bits per heavy atom. The molecule has 114 valence electrons. The van der Waals surface area contributed by atoms with Crippen LogP contribution in [0.15, 0.2) is 35.5 Å². The van der Waals surface area contributed by atoms with E-state index in [1.165, 1.54) is 0 Å². The molecule has 0 spiro atoms. The Bertz CT molecular complexity index is 520. The first-order valence-electron chi connectivity index (χ1n) is 7.16. The second-order valence-corrected chi connectivity index (χ2v) is 6.40. The fraction of sp³-hybridized carbons (Fsp3) is 0.500. The fourth-order valence-electron chi connectivity index (χ4n) is 2.13. The maximum absolute atomic E-state index is 12.0. The Kier molecular flexibility index (Phi) is 4.50. The molecule has 21 heavy (non-hydrogen) atoms. The van der Waals surface area contributed by atoms with Crippen molar-refractivity contribution in [3.05, 3.63) is 35.9 Å². The van der Waals surface area contributed by atoms with Gasteiger partial charge in [0.25, 0.3) is 0 Å². The van der Waals surface area contributed by atoms with Crippen molar-refractivity contribution in [2.24, 2.45) is 5.16 Å². The zero-order valence-corrected chi connectivity index (χ0v) is 13.1. The standard InChI is InChI=1S/C16H23N3O2/c1-16(2,3)17-15(20)19(4)11-13-10-14(18-21-13)12-8-6-5-7-9-12/h5-9,13H,10-11H2,1-4H3,(H,17,20). The Balaban J connectivity index is 1.85. The van der Waals surface area contributed by atoms with Gasteiger partial charge in [0.2, 0.25) is 0 Å². The quantitative estimate of drug-likeness (QED) is 0.930. The van der Waals surface area contributed by atoms with Crippen LogP contribution in [0.25, 0.3) is 0 Å². The molecule has 1 unspecified atom stereocenters. The molecule has 0 aromatic heterocycles. The van der Waals surface area contributed by atoms with E-state index in [0.29, 0.717) is 6.54 Å². The number of benzene rings is 1. The maximum Gasteiger partial charge on any atom is 0.317 e. The van der Waals surface area contributed by atoms with Gasteiger partial charge in [-0.3, -0.25) is 0 Å². The smallest absolute Gasteiger partial charge is 0.317 e. The molecule has 0 aliphatic carbocycles. The fourth-order valence-corrected chi connectivity index (χ4v) is 2.13. The highest BCUT2D eigenvalue weighted by Crippen LogP contribution is 2.17. The van der Waals surface area contributed by atoms with Crippen molar-refractivity contribution in [3.63, 3.8) is 0 Å². The lowest BCUT2D eigenvalue weighted by Crippen LogP contribution is -2.48. The van der Waals surface area contributed by atoms with Gasteiger partial charge in [-0.05, 0) is 26.3 Å². The van der Waals surface area contributed by atoms with Crippen LogP contribution < -0.4 is 5.32 Å². The van der Waals surface area contributed by atoms with Crippen molar-refractivity contribution in [1.82, 2.24) is 10.2 Å².